The standard InChI is InChI=1S/C11H16N2O6S/c1-3-8(11(15)16)13-10(14)9-5-4-7(19-9)6-12-20(2,17)18/h4-5,8,12H,3,6H2,1-2H3,(H,13,14)(H,15,16). The molecule has 0 aliphatic heterocycles. The van der Waals surface area contributed by atoms with Gasteiger partial charge < -0.3 is 14.8 Å². The second kappa shape index (κ2) is 6.53. The van der Waals surface area contributed by atoms with E-state index in [0.717, 1.165) is 6.26 Å². The zero-order valence-corrected chi connectivity index (χ0v) is 11.9. The molecule has 8 nitrogen and oxygen atoms in total. The zero-order chi connectivity index (χ0) is 15.3. The van der Waals surface area contributed by atoms with Crippen molar-refractivity contribution >= 4 is 21.9 Å². The molecule has 112 valence electrons. The van der Waals surface area contributed by atoms with Crippen LogP contribution in [0.1, 0.15) is 29.7 Å². The number of furan rings is 1. The number of hydrogen-bond donors (Lipinski definition) is 3. The molecule has 0 fully saturated rings. The van der Waals surface area contributed by atoms with Crippen molar-refractivity contribution < 1.29 is 27.5 Å². The molecule has 1 amide bonds. The minimum atomic E-state index is -3.36. The van der Waals surface area contributed by atoms with E-state index in [-0.39, 0.29) is 24.5 Å². The number of carbonyl (C=O) groups is 2. The van der Waals surface area contributed by atoms with E-state index in [9.17, 15) is 18.0 Å². The Morgan fingerprint density at radius 3 is 2.55 bits per heavy atom. The van der Waals surface area contributed by atoms with Gasteiger partial charge in [-0.15, -0.1) is 0 Å². The van der Waals surface area contributed by atoms with Gasteiger partial charge in [0, 0.05) is 0 Å². The van der Waals surface area contributed by atoms with Gasteiger partial charge in [-0.2, -0.15) is 0 Å². The van der Waals surface area contributed by atoms with Crippen molar-refractivity contribution in [2.75, 3.05) is 6.26 Å². The SMILES string of the molecule is CCC(NC(=O)c1ccc(CNS(C)(=O)=O)o1)C(=O)O. The van der Waals surface area contributed by atoms with E-state index < -0.39 is 27.9 Å². The Morgan fingerprint density at radius 1 is 1.40 bits per heavy atom. The first kappa shape index (κ1) is 16.2. The molecule has 3 N–H and O–H groups in total. The number of sulfonamides is 1. The van der Waals surface area contributed by atoms with Crippen molar-refractivity contribution in [2.45, 2.75) is 25.9 Å². The Bertz CT molecular complexity index is 592. The molecule has 1 heterocycles. The average molecular weight is 304 g/mol. The minimum Gasteiger partial charge on any atom is -0.480 e. The van der Waals surface area contributed by atoms with E-state index in [4.69, 9.17) is 9.52 Å². The topological polar surface area (TPSA) is 126 Å². The molecule has 0 aliphatic carbocycles. The van der Waals surface area contributed by atoms with Crippen molar-refractivity contribution in [3.63, 3.8) is 0 Å². The van der Waals surface area contributed by atoms with Crippen LogP contribution < -0.4 is 10.0 Å². The van der Waals surface area contributed by atoms with Crippen LogP contribution in [0.2, 0.25) is 0 Å². The predicted octanol–water partition coefficient (Wildman–Crippen LogP) is -0.0782. The summed E-state index contributed by atoms with van der Waals surface area (Å²) in [4.78, 5) is 22.5. The molecule has 0 saturated carbocycles. The first-order valence-electron chi connectivity index (χ1n) is 5.80. The van der Waals surface area contributed by atoms with Crippen LogP contribution in [-0.2, 0) is 21.4 Å². The largest absolute Gasteiger partial charge is 0.480 e. The molecule has 1 unspecified atom stereocenters. The Balaban J connectivity index is 2.67. The summed E-state index contributed by atoms with van der Waals surface area (Å²) in [5, 5.41) is 11.1. The van der Waals surface area contributed by atoms with Gasteiger partial charge in [-0.05, 0) is 18.6 Å². The van der Waals surface area contributed by atoms with Crippen LogP contribution in [0.3, 0.4) is 0 Å². The molecule has 0 aromatic carbocycles. The Morgan fingerprint density at radius 2 is 2.05 bits per heavy atom. The van der Waals surface area contributed by atoms with Crippen LogP contribution in [0.4, 0.5) is 0 Å². The summed E-state index contributed by atoms with van der Waals surface area (Å²) in [6, 6.07) is 1.79. The smallest absolute Gasteiger partial charge is 0.326 e. The fourth-order valence-electron chi connectivity index (χ4n) is 1.36. The molecule has 0 radical (unpaired) electrons. The van der Waals surface area contributed by atoms with Crippen molar-refractivity contribution in [1.29, 1.82) is 0 Å². The highest BCUT2D eigenvalue weighted by atomic mass is 32.2. The van der Waals surface area contributed by atoms with E-state index in [2.05, 4.69) is 10.0 Å². The van der Waals surface area contributed by atoms with Crippen LogP contribution in [0.15, 0.2) is 16.5 Å². The summed E-state index contributed by atoms with van der Waals surface area (Å²) in [5.41, 5.74) is 0. The van der Waals surface area contributed by atoms with Crippen molar-refractivity contribution in [3.05, 3.63) is 23.7 Å². The van der Waals surface area contributed by atoms with Gasteiger partial charge in [0.05, 0.1) is 12.8 Å². The van der Waals surface area contributed by atoms with Gasteiger partial charge >= 0.3 is 5.97 Å². The van der Waals surface area contributed by atoms with Gasteiger partial charge in [0.15, 0.2) is 5.76 Å². The lowest BCUT2D eigenvalue weighted by molar-refractivity contribution is -0.139. The lowest BCUT2D eigenvalue weighted by Crippen LogP contribution is -2.40. The van der Waals surface area contributed by atoms with Gasteiger partial charge in [-0.25, -0.2) is 17.9 Å². The number of nitrogens with one attached hydrogen (secondary N) is 2. The van der Waals surface area contributed by atoms with Crippen LogP contribution >= 0.6 is 0 Å². The number of aliphatic carboxylic acids is 1. The number of rotatable bonds is 7. The maximum Gasteiger partial charge on any atom is 0.326 e. The molecule has 1 aromatic rings. The lowest BCUT2D eigenvalue weighted by Gasteiger charge is -2.10. The van der Waals surface area contributed by atoms with Gasteiger partial charge in [0.25, 0.3) is 5.91 Å². The number of carboxylic acids is 1. The van der Waals surface area contributed by atoms with Crippen molar-refractivity contribution in [3.8, 4) is 0 Å². The van der Waals surface area contributed by atoms with Gasteiger partial charge in [0.1, 0.15) is 11.8 Å². The molecule has 0 bridgehead atoms. The second-order valence-corrected chi connectivity index (χ2v) is 5.96. The first-order chi connectivity index (χ1) is 9.23. The summed E-state index contributed by atoms with van der Waals surface area (Å²) in [7, 11) is -3.36. The van der Waals surface area contributed by atoms with Gasteiger partial charge in [-0.3, -0.25) is 4.79 Å². The van der Waals surface area contributed by atoms with E-state index in [1.54, 1.807) is 6.92 Å². The quantitative estimate of drug-likeness (QED) is 0.647. The van der Waals surface area contributed by atoms with Crippen LogP contribution in [-0.4, -0.2) is 37.7 Å². The zero-order valence-electron chi connectivity index (χ0n) is 11.0. The summed E-state index contributed by atoms with van der Waals surface area (Å²) < 4.78 is 29.2. The molecular weight excluding hydrogens is 288 g/mol. The second-order valence-electron chi connectivity index (χ2n) is 4.13. The van der Waals surface area contributed by atoms with E-state index in [1.807, 2.05) is 0 Å². The monoisotopic (exact) mass is 304 g/mol. The number of amides is 1. The van der Waals surface area contributed by atoms with Crippen molar-refractivity contribution in [1.82, 2.24) is 10.0 Å². The normalized spacial score (nSPS) is 12.9. The maximum absolute atomic E-state index is 11.7. The van der Waals surface area contributed by atoms with Crippen LogP contribution in [0.5, 0.6) is 0 Å². The summed E-state index contributed by atoms with van der Waals surface area (Å²) in [6.07, 6.45) is 1.24. The number of carbonyl (C=O) groups excluding carboxylic acids is 1. The maximum atomic E-state index is 11.7. The molecule has 1 rings (SSSR count). The molecule has 0 aliphatic rings. The molecular formula is C11H16N2O6S. The fourth-order valence-corrected chi connectivity index (χ4v) is 1.77. The molecule has 0 spiro atoms. The third kappa shape index (κ3) is 5.02. The lowest BCUT2D eigenvalue weighted by atomic mass is 10.2. The molecule has 9 heteroatoms. The Hall–Kier alpha value is -1.87. The third-order valence-corrected chi connectivity index (χ3v) is 3.07. The molecule has 0 saturated heterocycles. The summed E-state index contributed by atoms with van der Waals surface area (Å²) >= 11 is 0. The van der Waals surface area contributed by atoms with E-state index in [0.29, 0.717) is 0 Å². The summed E-state index contributed by atoms with van der Waals surface area (Å²) in [5.74, 6) is -1.62. The van der Waals surface area contributed by atoms with Gasteiger partial charge in [-0.1, -0.05) is 6.92 Å². The highest BCUT2D eigenvalue weighted by Gasteiger charge is 2.20. The molecule has 20 heavy (non-hydrogen) atoms. The Labute approximate surface area is 116 Å². The molecule has 1 atom stereocenters. The van der Waals surface area contributed by atoms with Crippen LogP contribution in [0, 0.1) is 0 Å². The van der Waals surface area contributed by atoms with Gasteiger partial charge in [0.2, 0.25) is 10.0 Å². The van der Waals surface area contributed by atoms with E-state index >= 15 is 0 Å². The fraction of sp³-hybridized carbons (Fsp3) is 0.455. The van der Waals surface area contributed by atoms with Crippen molar-refractivity contribution in [2.24, 2.45) is 0 Å². The number of hydrogen-bond acceptors (Lipinski definition) is 5. The minimum absolute atomic E-state index is 0.0741. The summed E-state index contributed by atoms with van der Waals surface area (Å²) in [6.45, 7) is 1.55. The Kier molecular flexibility index (Phi) is 5.28. The number of carboxylic acid groups (broad SMARTS) is 1. The van der Waals surface area contributed by atoms with Crippen LogP contribution in [0.25, 0.3) is 0 Å². The highest BCUT2D eigenvalue weighted by Crippen LogP contribution is 2.08. The highest BCUT2D eigenvalue weighted by molar-refractivity contribution is 7.88. The first-order valence-corrected chi connectivity index (χ1v) is 7.69. The third-order valence-electron chi connectivity index (χ3n) is 2.41. The van der Waals surface area contributed by atoms with E-state index in [1.165, 1.54) is 12.1 Å². The predicted molar refractivity (Wildman–Crippen MR) is 69.6 cm³/mol. The molecule has 1 aromatic heterocycles. The average Bonchev–Trinajstić information content (AvgIpc) is 2.80.